The summed E-state index contributed by atoms with van der Waals surface area (Å²) in [5.41, 5.74) is 10.4. The van der Waals surface area contributed by atoms with E-state index < -0.39 is 5.91 Å². The van der Waals surface area contributed by atoms with Gasteiger partial charge in [0.15, 0.2) is 0 Å². The van der Waals surface area contributed by atoms with Crippen LogP contribution in [0.25, 0.3) is 0 Å². The van der Waals surface area contributed by atoms with Crippen LogP contribution < -0.4 is 11.5 Å². The molecule has 0 atom stereocenters. The molecule has 0 aliphatic heterocycles. The Hall–Kier alpha value is -1.10. The molecule has 0 aromatic heterocycles. The molecule has 0 aromatic rings. The molecule has 5 heteroatoms. The smallest absolute Gasteiger partial charge is 0.237 e. The third kappa shape index (κ3) is 6.90. The summed E-state index contributed by atoms with van der Waals surface area (Å²) in [5, 5.41) is 0. The zero-order chi connectivity index (χ0) is 11.8. The number of amides is 2. The van der Waals surface area contributed by atoms with Gasteiger partial charge in [0.25, 0.3) is 0 Å². The highest BCUT2D eigenvalue weighted by Crippen LogP contribution is 2.02. The minimum Gasteiger partial charge on any atom is -0.368 e. The van der Waals surface area contributed by atoms with Gasteiger partial charge in [0.2, 0.25) is 11.8 Å². The van der Waals surface area contributed by atoms with Crippen LogP contribution >= 0.6 is 0 Å². The molecule has 0 aliphatic rings. The highest BCUT2D eigenvalue weighted by molar-refractivity contribution is 5.83. The molecule has 4 N–H and O–H groups in total. The van der Waals surface area contributed by atoms with E-state index in [9.17, 15) is 9.59 Å². The van der Waals surface area contributed by atoms with Gasteiger partial charge in [0.1, 0.15) is 0 Å². The summed E-state index contributed by atoms with van der Waals surface area (Å²) in [5.74, 6) is -0.198. The van der Waals surface area contributed by atoms with E-state index in [1.54, 1.807) is 0 Å². The number of primary amides is 1. The average molecular weight is 215 g/mol. The first-order chi connectivity index (χ1) is 6.97. The molecule has 0 unspecified atom stereocenters. The Kier molecular flexibility index (Phi) is 6.70. The van der Waals surface area contributed by atoms with E-state index in [1.165, 1.54) is 4.90 Å². The standard InChI is InChI=1S/C10H21N3O2/c1-8(2)6-13(7-9(12)14)10(15)4-3-5-11/h8H,3-7,11H2,1-2H3,(H2,12,14). The van der Waals surface area contributed by atoms with Crippen LogP contribution in [0, 0.1) is 5.92 Å². The van der Waals surface area contributed by atoms with Crippen LogP contribution in [0.15, 0.2) is 0 Å². The van der Waals surface area contributed by atoms with Crippen LogP contribution in [0.2, 0.25) is 0 Å². The third-order valence-corrected chi connectivity index (χ3v) is 1.88. The molecule has 0 saturated heterocycles. The first-order valence-corrected chi connectivity index (χ1v) is 5.23. The van der Waals surface area contributed by atoms with Crippen molar-refractivity contribution in [3.8, 4) is 0 Å². The third-order valence-electron chi connectivity index (χ3n) is 1.88. The lowest BCUT2D eigenvalue weighted by atomic mass is 10.2. The second-order valence-electron chi connectivity index (χ2n) is 4.03. The summed E-state index contributed by atoms with van der Waals surface area (Å²) in [6, 6.07) is 0. The fraction of sp³-hybridized carbons (Fsp3) is 0.800. The van der Waals surface area contributed by atoms with Gasteiger partial charge >= 0.3 is 0 Å². The minimum atomic E-state index is -0.475. The number of hydrogen-bond donors (Lipinski definition) is 2. The van der Waals surface area contributed by atoms with Crippen LogP contribution in [0.1, 0.15) is 26.7 Å². The first-order valence-electron chi connectivity index (χ1n) is 5.23. The molecular formula is C10H21N3O2. The second-order valence-corrected chi connectivity index (χ2v) is 4.03. The predicted octanol–water partition coefficient (Wildman–Crippen LogP) is -0.305. The number of rotatable bonds is 7. The van der Waals surface area contributed by atoms with E-state index in [2.05, 4.69) is 0 Å². The molecule has 0 radical (unpaired) electrons. The van der Waals surface area contributed by atoms with Crippen molar-refractivity contribution < 1.29 is 9.59 Å². The molecule has 0 saturated carbocycles. The number of nitrogens with two attached hydrogens (primary N) is 2. The van der Waals surface area contributed by atoms with Crippen LogP contribution in [-0.4, -0.2) is 36.3 Å². The van der Waals surface area contributed by atoms with E-state index >= 15 is 0 Å². The van der Waals surface area contributed by atoms with Crippen molar-refractivity contribution in [1.29, 1.82) is 0 Å². The normalized spacial score (nSPS) is 10.4. The number of carbonyl (C=O) groups excluding carboxylic acids is 2. The van der Waals surface area contributed by atoms with Crippen LogP contribution in [0.3, 0.4) is 0 Å². The van der Waals surface area contributed by atoms with Crippen molar-refractivity contribution in [2.75, 3.05) is 19.6 Å². The van der Waals surface area contributed by atoms with Gasteiger partial charge in [-0.1, -0.05) is 13.8 Å². The largest absolute Gasteiger partial charge is 0.368 e. The fourth-order valence-electron chi connectivity index (χ4n) is 1.29. The highest BCUT2D eigenvalue weighted by Gasteiger charge is 2.16. The van der Waals surface area contributed by atoms with Crippen molar-refractivity contribution >= 4 is 11.8 Å². The average Bonchev–Trinajstić information content (AvgIpc) is 2.11. The van der Waals surface area contributed by atoms with Crippen molar-refractivity contribution in [1.82, 2.24) is 4.90 Å². The van der Waals surface area contributed by atoms with Gasteiger partial charge in [-0.15, -0.1) is 0 Å². The van der Waals surface area contributed by atoms with Crippen LogP contribution in [0.5, 0.6) is 0 Å². The lowest BCUT2D eigenvalue weighted by Crippen LogP contribution is -2.40. The van der Waals surface area contributed by atoms with Crippen LogP contribution in [0.4, 0.5) is 0 Å². The van der Waals surface area contributed by atoms with Gasteiger partial charge in [-0.2, -0.15) is 0 Å². The maximum Gasteiger partial charge on any atom is 0.237 e. The van der Waals surface area contributed by atoms with Crippen LogP contribution in [-0.2, 0) is 9.59 Å². The number of nitrogens with zero attached hydrogens (tertiary/aromatic N) is 1. The summed E-state index contributed by atoms with van der Waals surface area (Å²) in [4.78, 5) is 23.9. The lowest BCUT2D eigenvalue weighted by Gasteiger charge is -2.23. The van der Waals surface area contributed by atoms with Crippen molar-refractivity contribution in [2.24, 2.45) is 17.4 Å². The van der Waals surface area contributed by atoms with Gasteiger partial charge in [-0.05, 0) is 18.9 Å². The molecule has 0 spiro atoms. The van der Waals surface area contributed by atoms with E-state index in [0.717, 1.165) is 0 Å². The summed E-state index contributed by atoms with van der Waals surface area (Å²) in [6.07, 6.45) is 1.03. The predicted molar refractivity (Wildman–Crippen MR) is 58.9 cm³/mol. The monoisotopic (exact) mass is 215 g/mol. The Labute approximate surface area is 90.8 Å². The zero-order valence-corrected chi connectivity index (χ0v) is 9.53. The van der Waals surface area contributed by atoms with Gasteiger partial charge in [-0.3, -0.25) is 9.59 Å². The molecule has 2 amide bonds. The van der Waals surface area contributed by atoms with E-state index in [1.807, 2.05) is 13.8 Å². The molecule has 0 heterocycles. The summed E-state index contributed by atoms with van der Waals surface area (Å²) in [7, 11) is 0. The van der Waals surface area contributed by atoms with Crippen molar-refractivity contribution in [3.63, 3.8) is 0 Å². The van der Waals surface area contributed by atoms with E-state index in [-0.39, 0.29) is 12.5 Å². The van der Waals surface area contributed by atoms with E-state index in [4.69, 9.17) is 11.5 Å². The number of hydrogen-bond acceptors (Lipinski definition) is 3. The minimum absolute atomic E-state index is 0.00157. The highest BCUT2D eigenvalue weighted by atomic mass is 16.2. The molecular weight excluding hydrogens is 194 g/mol. The van der Waals surface area contributed by atoms with Crippen molar-refractivity contribution in [2.45, 2.75) is 26.7 Å². The molecule has 0 rings (SSSR count). The SMILES string of the molecule is CC(C)CN(CC(N)=O)C(=O)CCCN. The Balaban J connectivity index is 4.20. The molecule has 88 valence electrons. The van der Waals surface area contributed by atoms with Gasteiger partial charge in [-0.25, -0.2) is 0 Å². The quantitative estimate of drug-likeness (QED) is 0.610. The second kappa shape index (κ2) is 7.23. The number of carbonyl (C=O) groups is 2. The van der Waals surface area contributed by atoms with E-state index in [0.29, 0.717) is 31.8 Å². The Morgan fingerprint density at radius 3 is 2.33 bits per heavy atom. The molecule has 0 aromatic carbocycles. The van der Waals surface area contributed by atoms with Gasteiger partial charge in [0, 0.05) is 13.0 Å². The molecule has 5 nitrogen and oxygen atoms in total. The molecule has 0 aliphatic carbocycles. The van der Waals surface area contributed by atoms with Gasteiger partial charge in [0.05, 0.1) is 6.54 Å². The Bertz CT molecular complexity index is 217. The Morgan fingerprint density at radius 2 is 1.93 bits per heavy atom. The zero-order valence-electron chi connectivity index (χ0n) is 9.53. The first kappa shape index (κ1) is 13.9. The Morgan fingerprint density at radius 1 is 1.33 bits per heavy atom. The van der Waals surface area contributed by atoms with Gasteiger partial charge < -0.3 is 16.4 Å². The lowest BCUT2D eigenvalue weighted by molar-refractivity contribution is -0.135. The molecule has 15 heavy (non-hydrogen) atoms. The summed E-state index contributed by atoms with van der Waals surface area (Å²) < 4.78 is 0. The maximum absolute atomic E-state index is 11.6. The van der Waals surface area contributed by atoms with Crippen molar-refractivity contribution in [3.05, 3.63) is 0 Å². The molecule has 0 fully saturated rings. The summed E-state index contributed by atoms with van der Waals surface area (Å²) in [6.45, 7) is 5.03. The maximum atomic E-state index is 11.6. The molecule has 0 bridgehead atoms. The fourth-order valence-corrected chi connectivity index (χ4v) is 1.29. The topological polar surface area (TPSA) is 89.4 Å². The summed E-state index contributed by atoms with van der Waals surface area (Å²) >= 11 is 0.